The van der Waals surface area contributed by atoms with E-state index in [9.17, 15) is 4.79 Å². The number of carbonyl (C=O) groups excluding carboxylic acids is 1. The van der Waals surface area contributed by atoms with Crippen LogP contribution in [0.2, 0.25) is 0 Å². The highest BCUT2D eigenvalue weighted by atomic mass is 16.5. The van der Waals surface area contributed by atoms with Crippen LogP contribution in [0.25, 0.3) is 0 Å². The summed E-state index contributed by atoms with van der Waals surface area (Å²) in [5, 5.41) is 0. The molecule has 1 fully saturated rings. The van der Waals surface area contributed by atoms with Gasteiger partial charge in [-0.3, -0.25) is 4.79 Å². The highest BCUT2D eigenvalue weighted by Gasteiger charge is 2.29. The molecule has 0 aromatic heterocycles. The fraction of sp³-hybridized carbons (Fsp3) is 0.533. The molecule has 2 rings (SSSR count). The first-order chi connectivity index (χ1) is 9.06. The van der Waals surface area contributed by atoms with Gasteiger partial charge in [-0.25, -0.2) is 0 Å². The normalized spacial score (nSPS) is 24.9. The number of carbonyl (C=O) groups is 1. The monoisotopic (exact) mass is 263 g/mol. The van der Waals surface area contributed by atoms with Gasteiger partial charge >= 0.3 is 0 Å². The zero-order chi connectivity index (χ0) is 13.8. The van der Waals surface area contributed by atoms with Crippen LogP contribution in [-0.2, 0) is 9.53 Å². The summed E-state index contributed by atoms with van der Waals surface area (Å²) < 4.78 is 11.3. The van der Waals surface area contributed by atoms with E-state index in [2.05, 4.69) is 0 Å². The molecule has 4 heteroatoms. The number of benzene rings is 1. The fourth-order valence-electron chi connectivity index (χ4n) is 2.37. The third-order valence-corrected chi connectivity index (χ3v) is 3.14. The van der Waals surface area contributed by atoms with Crippen LogP contribution in [0, 0.1) is 0 Å². The maximum absolute atomic E-state index is 12.3. The molecule has 19 heavy (non-hydrogen) atoms. The van der Waals surface area contributed by atoms with Crippen molar-refractivity contribution in [2.24, 2.45) is 0 Å². The summed E-state index contributed by atoms with van der Waals surface area (Å²) in [6.45, 7) is 7.02. The topological polar surface area (TPSA) is 38.8 Å². The van der Waals surface area contributed by atoms with Crippen molar-refractivity contribution in [3.05, 3.63) is 30.3 Å². The van der Waals surface area contributed by atoms with Gasteiger partial charge in [-0.2, -0.15) is 0 Å². The zero-order valence-corrected chi connectivity index (χ0v) is 11.7. The number of rotatable bonds is 3. The van der Waals surface area contributed by atoms with Gasteiger partial charge in [0, 0.05) is 13.1 Å². The van der Waals surface area contributed by atoms with E-state index in [0.717, 1.165) is 5.75 Å². The SMILES string of the molecule is C[C@@H]1CN(C(=O)[C@@H](C)Oc2ccccc2)C[C@H](C)O1. The first kappa shape index (κ1) is 13.9. The van der Waals surface area contributed by atoms with Crippen LogP contribution in [-0.4, -0.2) is 42.2 Å². The number of morpholine rings is 1. The average Bonchev–Trinajstić information content (AvgIpc) is 2.37. The Labute approximate surface area is 114 Å². The lowest BCUT2D eigenvalue weighted by Crippen LogP contribution is -2.51. The average molecular weight is 263 g/mol. The quantitative estimate of drug-likeness (QED) is 0.838. The minimum absolute atomic E-state index is 0.0193. The number of ether oxygens (including phenoxy) is 2. The third kappa shape index (κ3) is 3.70. The summed E-state index contributed by atoms with van der Waals surface area (Å²) in [5.41, 5.74) is 0. The van der Waals surface area contributed by atoms with Crippen molar-refractivity contribution in [2.45, 2.75) is 39.1 Å². The molecule has 0 spiro atoms. The summed E-state index contributed by atoms with van der Waals surface area (Å²) in [5.74, 6) is 0.739. The second-order valence-electron chi connectivity index (χ2n) is 5.07. The molecular formula is C15H21NO3. The van der Waals surface area contributed by atoms with Gasteiger partial charge in [0.25, 0.3) is 5.91 Å². The first-order valence-electron chi connectivity index (χ1n) is 6.72. The molecule has 0 unspecified atom stereocenters. The van der Waals surface area contributed by atoms with E-state index in [0.29, 0.717) is 13.1 Å². The van der Waals surface area contributed by atoms with E-state index in [1.165, 1.54) is 0 Å². The van der Waals surface area contributed by atoms with Crippen molar-refractivity contribution in [1.82, 2.24) is 4.90 Å². The summed E-state index contributed by atoms with van der Waals surface area (Å²) in [7, 11) is 0. The molecule has 1 aliphatic heterocycles. The van der Waals surface area contributed by atoms with Gasteiger partial charge in [-0.05, 0) is 32.9 Å². The first-order valence-corrected chi connectivity index (χ1v) is 6.72. The Morgan fingerprint density at radius 3 is 2.42 bits per heavy atom. The largest absolute Gasteiger partial charge is 0.481 e. The van der Waals surface area contributed by atoms with E-state index in [4.69, 9.17) is 9.47 Å². The van der Waals surface area contributed by atoms with Gasteiger partial charge in [-0.1, -0.05) is 18.2 Å². The number of para-hydroxylation sites is 1. The van der Waals surface area contributed by atoms with Crippen molar-refractivity contribution >= 4 is 5.91 Å². The molecule has 1 saturated heterocycles. The van der Waals surface area contributed by atoms with Crippen molar-refractivity contribution < 1.29 is 14.3 Å². The smallest absolute Gasteiger partial charge is 0.263 e. The van der Waals surface area contributed by atoms with Crippen LogP contribution in [0.1, 0.15) is 20.8 Å². The van der Waals surface area contributed by atoms with E-state index >= 15 is 0 Å². The minimum Gasteiger partial charge on any atom is -0.481 e. The van der Waals surface area contributed by atoms with E-state index < -0.39 is 6.10 Å². The van der Waals surface area contributed by atoms with Gasteiger partial charge in [-0.15, -0.1) is 0 Å². The molecule has 0 radical (unpaired) electrons. The molecule has 0 aliphatic carbocycles. The van der Waals surface area contributed by atoms with Crippen LogP contribution in [0.5, 0.6) is 5.75 Å². The van der Waals surface area contributed by atoms with Crippen LogP contribution in [0.15, 0.2) is 30.3 Å². The highest BCUT2D eigenvalue weighted by Crippen LogP contribution is 2.15. The lowest BCUT2D eigenvalue weighted by Gasteiger charge is -2.36. The van der Waals surface area contributed by atoms with Crippen LogP contribution >= 0.6 is 0 Å². The van der Waals surface area contributed by atoms with Gasteiger partial charge in [0.15, 0.2) is 6.10 Å². The zero-order valence-electron chi connectivity index (χ0n) is 11.7. The molecule has 1 heterocycles. The van der Waals surface area contributed by atoms with E-state index in [1.807, 2.05) is 49.1 Å². The lowest BCUT2D eigenvalue weighted by molar-refractivity contribution is -0.149. The Morgan fingerprint density at radius 1 is 1.26 bits per heavy atom. The summed E-state index contributed by atoms with van der Waals surface area (Å²) >= 11 is 0. The van der Waals surface area contributed by atoms with Crippen molar-refractivity contribution in [2.75, 3.05) is 13.1 Å². The maximum Gasteiger partial charge on any atom is 0.263 e. The molecule has 1 aromatic rings. The molecule has 1 amide bonds. The van der Waals surface area contributed by atoms with Crippen molar-refractivity contribution in [3.63, 3.8) is 0 Å². The molecule has 4 nitrogen and oxygen atoms in total. The number of amides is 1. The molecule has 0 N–H and O–H groups in total. The van der Waals surface area contributed by atoms with Crippen LogP contribution < -0.4 is 4.74 Å². The second-order valence-corrected chi connectivity index (χ2v) is 5.07. The maximum atomic E-state index is 12.3. The van der Waals surface area contributed by atoms with Crippen LogP contribution in [0.3, 0.4) is 0 Å². The minimum atomic E-state index is -0.472. The molecule has 104 valence electrons. The Hall–Kier alpha value is -1.55. The summed E-state index contributed by atoms with van der Waals surface area (Å²) in [6.07, 6.45) is -0.312. The number of nitrogens with zero attached hydrogens (tertiary/aromatic N) is 1. The predicted octanol–water partition coefficient (Wildman–Crippen LogP) is 2.09. The Morgan fingerprint density at radius 2 is 1.84 bits per heavy atom. The highest BCUT2D eigenvalue weighted by molar-refractivity contribution is 5.81. The van der Waals surface area contributed by atoms with Gasteiger partial charge in [0.05, 0.1) is 12.2 Å². The molecular weight excluding hydrogens is 242 g/mol. The van der Waals surface area contributed by atoms with Crippen molar-refractivity contribution in [1.29, 1.82) is 0 Å². The van der Waals surface area contributed by atoms with Gasteiger partial charge in [0.1, 0.15) is 5.75 Å². The Bertz CT molecular complexity index is 411. The number of hydrogen-bond acceptors (Lipinski definition) is 3. The molecule has 0 saturated carbocycles. The third-order valence-electron chi connectivity index (χ3n) is 3.14. The standard InChI is InChI=1S/C15H21NO3/c1-11-9-16(10-12(2)18-11)15(17)13(3)19-14-7-5-4-6-8-14/h4-8,11-13H,9-10H2,1-3H3/t11-,12+,13-/m1/s1. The lowest BCUT2D eigenvalue weighted by atomic mass is 10.2. The molecule has 3 atom stereocenters. The molecule has 1 aliphatic rings. The van der Waals surface area contributed by atoms with Gasteiger partial charge in [0.2, 0.25) is 0 Å². The van der Waals surface area contributed by atoms with Crippen molar-refractivity contribution in [3.8, 4) is 5.75 Å². The van der Waals surface area contributed by atoms with Gasteiger partial charge < -0.3 is 14.4 Å². The van der Waals surface area contributed by atoms with E-state index in [-0.39, 0.29) is 18.1 Å². The second kappa shape index (κ2) is 6.06. The Kier molecular flexibility index (Phi) is 4.43. The van der Waals surface area contributed by atoms with Crippen LogP contribution in [0.4, 0.5) is 0 Å². The predicted molar refractivity (Wildman–Crippen MR) is 73.1 cm³/mol. The number of hydrogen-bond donors (Lipinski definition) is 0. The Balaban J connectivity index is 1.95. The molecule has 1 aromatic carbocycles. The molecule has 0 bridgehead atoms. The summed E-state index contributed by atoms with van der Waals surface area (Å²) in [4.78, 5) is 14.2. The fourth-order valence-corrected chi connectivity index (χ4v) is 2.37. The van der Waals surface area contributed by atoms with E-state index in [1.54, 1.807) is 6.92 Å². The summed E-state index contributed by atoms with van der Waals surface area (Å²) in [6, 6.07) is 9.42.